The number of hydrogen-bond donors (Lipinski definition) is 0. The van der Waals surface area contributed by atoms with Crippen LogP contribution in [0.1, 0.15) is 19.3 Å². The van der Waals surface area contributed by atoms with Gasteiger partial charge in [-0.1, -0.05) is 0 Å². The summed E-state index contributed by atoms with van der Waals surface area (Å²) < 4.78 is 4.29. The molecule has 6 nitrogen and oxygen atoms in total. The maximum Gasteiger partial charge on any atom is 0.332 e. The van der Waals surface area contributed by atoms with Crippen LogP contribution in [0.15, 0.2) is 15.9 Å². The fraction of sp³-hybridized carbons (Fsp3) is 0.462. The lowest BCUT2D eigenvalue weighted by atomic mass is 10.2. The quantitative estimate of drug-likeness (QED) is 0.584. The van der Waals surface area contributed by atoms with Crippen molar-refractivity contribution in [3.63, 3.8) is 0 Å². The maximum atomic E-state index is 12.3. The second-order valence-corrected chi connectivity index (χ2v) is 4.49. The molecule has 0 aliphatic heterocycles. The Kier molecular flexibility index (Phi) is 3.56. The first kappa shape index (κ1) is 13.1. The first-order chi connectivity index (χ1) is 9.07. The monoisotopic (exact) mass is 260 g/mol. The van der Waals surface area contributed by atoms with Crippen LogP contribution in [-0.2, 0) is 20.6 Å². The van der Waals surface area contributed by atoms with E-state index in [1.165, 1.54) is 15.5 Å². The van der Waals surface area contributed by atoms with Gasteiger partial charge < -0.3 is 4.57 Å². The lowest BCUT2D eigenvalue weighted by Gasteiger charge is -2.07. The molecule has 0 fully saturated rings. The van der Waals surface area contributed by atoms with E-state index in [2.05, 4.69) is 10.9 Å². The number of unbranched alkanes of at least 4 members (excludes halogenated alkanes) is 2. The zero-order chi connectivity index (χ0) is 14.0. The molecule has 2 heterocycles. The SMILES string of the molecule is C#CCCCCn1c(=O)c2c(ncn2C)n(C)c1=O. The lowest BCUT2D eigenvalue weighted by Crippen LogP contribution is -2.39. The van der Waals surface area contributed by atoms with Crippen molar-refractivity contribution >= 4 is 11.2 Å². The number of fused-ring (bicyclic) bond motifs is 1. The van der Waals surface area contributed by atoms with E-state index < -0.39 is 0 Å². The number of nitrogens with zero attached hydrogens (tertiary/aromatic N) is 4. The van der Waals surface area contributed by atoms with Crippen LogP contribution in [0.25, 0.3) is 11.2 Å². The van der Waals surface area contributed by atoms with Crippen molar-refractivity contribution in [1.82, 2.24) is 18.7 Å². The van der Waals surface area contributed by atoms with Crippen molar-refractivity contribution in [2.75, 3.05) is 0 Å². The van der Waals surface area contributed by atoms with Crippen LogP contribution >= 0.6 is 0 Å². The Morgan fingerprint density at radius 3 is 2.74 bits per heavy atom. The summed E-state index contributed by atoms with van der Waals surface area (Å²) in [6, 6.07) is 0. The van der Waals surface area contributed by atoms with Gasteiger partial charge in [-0.25, -0.2) is 9.78 Å². The summed E-state index contributed by atoms with van der Waals surface area (Å²) >= 11 is 0. The second-order valence-electron chi connectivity index (χ2n) is 4.49. The minimum absolute atomic E-state index is 0.293. The van der Waals surface area contributed by atoms with Gasteiger partial charge in [0.15, 0.2) is 11.2 Å². The Balaban J connectivity index is 2.50. The molecule has 0 radical (unpaired) electrons. The van der Waals surface area contributed by atoms with Crippen LogP contribution in [0.4, 0.5) is 0 Å². The average Bonchev–Trinajstić information content (AvgIpc) is 2.77. The van der Waals surface area contributed by atoms with Gasteiger partial charge in [0.05, 0.1) is 6.33 Å². The number of rotatable bonds is 4. The van der Waals surface area contributed by atoms with E-state index in [0.717, 1.165) is 6.42 Å². The van der Waals surface area contributed by atoms with Crippen LogP contribution in [0, 0.1) is 12.3 Å². The van der Waals surface area contributed by atoms with E-state index in [1.54, 1.807) is 18.7 Å². The molecule has 0 atom stereocenters. The minimum Gasteiger partial charge on any atom is -0.328 e. The molecule has 0 aliphatic carbocycles. The Morgan fingerprint density at radius 1 is 1.32 bits per heavy atom. The third-order valence-corrected chi connectivity index (χ3v) is 3.15. The molecule has 0 N–H and O–H groups in total. The molecule has 0 bridgehead atoms. The first-order valence-corrected chi connectivity index (χ1v) is 6.12. The molecule has 100 valence electrons. The van der Waals surface area contributed by atoms with Crippen molar-refractivity contribution in [1.29, 1.82) is 0 Å². The Labute approximate surface area is 110 Å². The molecule has 0 amide bonds. The Morgan fingerprint density at radius 2 is 2.05 bits per heavy atom. The molecule has 0 spiro atoms. The molecular weight excluding hydrogens is 244 g/mol. The zero-order valence-corrected chi connectivity index (χ0v) is 11.1. The number of aromatic nitrogens is 4. The van der Waals surface area contributed by atoms with Crippen molar-refractivity contribution < 1.29 is 0 Å². The molecule has 0 aromatic carbocycles. The van der Waals surface area contributed by atoms with Crippen LogP contribution < -0.4 is 11.2 Å². The van der Waals surface area contributed by atoms with E-state index >= 15 is 0 Å². The summed E-state index contributed by atoms with van der Waals surface area (Å²) in [5.41, 5.74) is 0.229. The second kappa shape index (κ2) is 5.14. The highest BCUT2D eigenvalue weighted by Crippen LogP contribution is 2.03. The van der Waals surface area contributed by atoms with Gasteiger partial charge in [0.1, 0.15) is 0 Å². The molecule has 6 heteroatoms. The summed E-state index contributed by atoms with van der Waals surface area (Å²) in [5.74, 6) is 2.54. The highest BCUT2D eigenvalue weighted by molar-refractivity contribution is 5.69. The Bertz CT molecular complexity index is 758. The summed E-state index contributed by atoms with van der Waals surface area (Å²) in [6.45, 7) is 0.383. The molecule has 2 rings (SSSR count). The van der Waals surface area contributed by atoms with E-state index in [1.807, 2.05) is 0 Å². The first-order valence-electron chi connectivity index (χ1n) is 6.12. The maximum absolute atomic E-state index is 12.3. The topological polar surface area (TPSA) is 61.8 Å². The van der Waals surface area contributed by atoms with Crippen molar-refractivity contribution in [2.24, 2.45) is 14.1 Å². The number of aryl methyl sites for hydroxylation is 2. The lowest BCUT2D eigenvalue weighted by molar-refractivity contribution is 0.557. The van der Waals surface area contributed by atoms with Crippen molar-refractivity contribution in [3.8, 4) is 12.3 Å². The highest BCUT2D eigenvalue weighted by Gasteiger charge is 2.14. The van der Waals surface area contributed by atoms with Gasteiger partial charge in [0, 0.05) is 27.1 Å². The minimum atomic E-state index is -0.336. The fourth-order valence-electron chi connectivity index (χ4n) is 2.09. The van der Waals surface area contributed by atoms with Gasteiger partial charge in [-0.2, -0.15) is 0 Å². The van der Waals surface area contributed by atoms with E-state index in [4.69, 9.17) is 6.42 Å². The molecule has 2 aromatic rings. The molecule has 0 saturated heterocycles. The molecule has 2 aromatic heterocycles. The van der Waals surface area contributed by atoms with E-state index in [9.17, 15) is 9.59 Å². The summed E-state index contributed by atoms with van der Waals surface area (Å²) in [4.78, 5) is 28.5. The molecule has 0 saturated carbocycles. The average molecular weight is 260 g/mol. The van der Waals surface area contributed by atoms with E-state index in [-0.39, 0.29) is 11.2 Å². The normalized spacial score (nSPS) is 10.8. The third-order valence-electron chi connectivity index (χ3n) is 3.15. The smallest absolute Gasteiger partial charge is 0.328 e. The molecule has 0 unspecified atom stereocenters. The van der Waals surface area contributed by atoms with Gasteiger partial charge >= 0.3 is 5.69 Å². The third kappa shape index (κ3) is 2.19. The molecule has 19 heavy (non-hydrogen) atoms. The van der Waals surface area contributed by atoms with Gasteiger partial charge in [-0.15, -0.1) is 12.3 Å². The number of imidazole rings is 1. The summed E-state index contributed by atoms with van der Waals surface area (Å²) in [7, 11) is 3.36. The standard InChI is InChI=1S/C13H16N4O2/c1-4-5-6-7-8-17-12(18)10-11(14-9-15(10)2)16(3)13(17)19/h1,9H,5-8H2,2-3H3. The van der Waals surface area contributed by atoms with Crippen LogP contribution in [-0.4, -0.2) is 18.7 Å². The number of terminal acetylenes is 1. The van der Waals surface area contributed by atoms with E-state index in [0.29, 0.717) is 30.6 Å². The van der Waals surface area contributed by atoms with Gasteiger partial charge in [0.25, 0.3) is 5.56 Å². The van der Waals surface area contributed by atoms with Crippen LogP contribution in [0.2, 0.25) is 0 Å². The number of hydrogen-bond acceptors (Lipinski definition) is 3. The largest absolute Gasteiger partial charge is 0.332 e. The molecule has 0 aliphatic rings. The van der Waals surface area contributed by atoms with Crippen molar-refractivity contribution in [2.45, 2.75) is 25.8 Å². The van der Waals surface area contributed by atoms with Gasteiger partial charge in [0.2, 0.25) is 0 Å². The molecular formula is C13H16N4O2. The van der Waals surface area contributed by atoms with Gasteiger partial charge in [-0.3, -0.25) is 13.9 Å². The van der Waals surface area contributed by atoms with Gasteiger partial charge in [-0.05, 0) is 12.8 Å². The predicted octanol–water partition coefficient (Wildman–Crippen LogP) is 0.237. The van der Waals surface area contributed by atoms with Crippen molar-refractivity contribution in [3.05, 3.63) is 27.2 Å². The summed E-state index contributed by atoms with van der Waals surface area (Å²) in [5, 5.41) is 0. The predicted molar refractivity (Wildman–Crippen MR) is 72.9 cm³/mol. The zero-order valence-electron chi connectivity index (χ0n) is 11.1. The van der Waals surface area contributed by atoms with Crippen LogP contribution in [0.5, 0.6) is 0 Å². The highest BCUT2D eigenvalue weighted by atomic mass is 16.2. The fourth-order valence-corrected chi connectivity index (χ4v) is 2.09. The Hall–Kier alpha value is -2.29. The summed E-state index contributed by atoms with van der Waals surface area (Å²) in [6.07, 6.45) is 8.88. The van der Waals surface area contributed by atoms with Crippen LogP contribution in [0.3, 0.4) is 0 Å².